The molecule has 180 valence electrons. The van der Waals surface area contributed by atoms with E-state index in [0.717, 1.165) is 5.39 Å². The van der Waals surface area contributed by atoms with Crippen molar-refractivity contribution in [1.29, 1.82) is 0 Å². The first kappa shape index (κ1) is 23.9. The van der Waals surface area contributed by atoms with Crippen LogP contribution >= 0.6 is 0 Å². The van der Waals surface area contributed by atoms with E-state index in [1.54, 1.807) is 30.3 Å². The highest BCUT2D eigenvalue weighted by Gasteiger charge is 2.44. The molecule has 0 radical (unpaired) electrons. The molecule has 1 aliphatic rings. The van der Waals surface area contributed by atoms with Crippen molar-refractivity contribution in [3.05, 3.63) is 42.5 Å². The van der Waals surface area contributed by atoms with Crippen LogP contribution in [0.25, 0.3) is 21.5 Å². The van der Waals surface area contributed by atoms with Crippen LogP contribution in [0.15, 0.2) is 42.5 Å². The topological polar surface area (TPSA) is 152 Å². The van der Waals surface area contributed by atoms with Gasteiger partial charge in [0.2, 0.25) is 6.29 Å². The third-order valence-electron chi connectivity index (χ3n) is 5.47. The largest absolute Gasteiger partial charge is 0.462 e. The summed E-state index contributed by atoms with van der Waals surface area (Å²) in [6.45, 7) is 1.91. The molecule has 1 heterocycles. The molecule has 1 saturated heterocycles. The van der Waals surface area contributed by atoms with E-state index in [-0.39, 0.29) is 17.2 Å². The lowest BCUT2D eigenvalue weighted by Gasteiger charge is -2.39. The van der Waals surface area contributed by atoms with Gasteiger partial charge in [0.25, 0.3) is 0 Å². The summed E-state index contributed by atoms with van der Waals surface area (Å²) in [7, 11) is 0. The lowest BCUT2D eigenvalue weighted by molar-refractivity contribution is -0.277. The minimum absolute atomic E-state index is 0.106. The number of fused-ring (bicyclic) bond motifs is 3. The van der Waals surface area contributed by atoms with Gasteiger partial charge in [0.15, 0.2) is 0 Å². The first-order chi connectivity index (χ1) is 16.2. The van der Waals surface area contributed by atoms with Gasteiger partial charge in [0.1, 0.15) is 41.7 Å². The Morgan fingerprint density at radius 2 is 1.50 bits per heavy atom. The number of carbonyl (C=O) groups is 2. The SMILES string of the molecule is CC(=O)Oc1cccc2ccc3cc(O[C@@H]4O[C@H](CO)[C@@H](O)[C@H](O)[C@H]4O)cc(OC(C)=O)c3c12. The van der Waals surface area contributed by atoms with Crippen LogP contribution in [0, 0.1) is 0 Å². The van der Waals surface area contributed by atoms with Gasteiger partial charge in [0, 0.05) is 30.7 Å². The normalized spacial score (nSPS) is 24.7. The molecule has 0 aliphatic carbocycles. The van der Waals surface area contributed by atoms with E-state index in [1.165, 1.54) is 19.9 Å². The number of benzene rings is 3. The standard InChI is InChI=1S/C24H24O10/c1-11(26)31-16-5-3-4-13-6-7-14-8-15(9-17(32-12(2)27)20(14)19(13)16)33-24-23(30)22(29)21(28)18(10-25)34-24/h3-9,18,21-25,28-30H,10H2,1-2H3/t18-,21-,22+,23-,24-/m1/s1. The molecule has 0 aromatic heterocycles. The average molecular weight is 472 g/mol. The molecule has 1 fully saturated rings. The number of hydrogen-bond acceptors (Lipinski definition) is 10. The minimum Gasteiger partial charge on any atom is -0.462 e. The van der Waals surface area contributed by atoms with E-state index in [1.807, 2.05) is 6.07 Å². The molecule has 3 aromatic rings. The van der Waals surface area contributed by atoms with Gasteiger partial charge in [0.05, 0.1) is 6.61 Å². The molecule has 0 unspecified atom stereocenters. The van der Waals surface area contributed by atoms with Gasteiger partial charge in [-0.05, 0) is 22.9 Å². The zero-order valence-corrected chi connectivity index (χ0v) is 18.4. The second kappa shape index (κ2) is 9.53. The molecule has 0 spiro atoms. The maximum atomic E-state index is 11.9. The molecule has 3 aromatic carbocycles. The number of carbonyl (C=O) groups excluding carboxylic acids is 2. The minimum atomic E-state index is -1.61. The molecule has 4 rings (SSSR count). The predicted molar refractivity (Wildman–Crippen MR) is 118 cm³/mol. The van der Waals surface area contributed by atoms with Crippen molar-refractivity contribution in [3.8, 4) is 17.2 Å². The summed E-state index contributed by atoms with van der Waals surface area (Å²) >= 11 is 0. The molecule has 10 nitrogen and oxygen atoms in total. The monoisotopic (exact) mass is 472 g/mol. The molecule has 1 aliphatic heterocycles. The Bertz CT molecular complexity index is 1240. The average Bonchev–Trinajstić information content (AvgIpc) is 2.78. The number of aliphatic hydroxyl groups is 4. The van der Waals surface area contributed by atoms with Crippen molar-refractivity contribution in [2.75, 3.05) is 6.61 Å². The second-order valence-electron chi connectivity index (χ2n) is 7.94. The Balaban J connectivity index is 1.83. The molecular weight excluding hydrogens is 448 g/mol. The molecule has 5 atom stereocenters. The van der Waals surface area contributed by atoms with Crippen molar-refractivity contribution in [3.63, 3.8) is 0 Å². The van der Waals surface area contributed by atoms with Crippen LogP contribution in [0.3, 0.4) is 0 Å². The van der Waals surface area contributed by atoms with Crippen molar-refractivity contribution in [2.45, 2.75) is 44.6 Å². The third-order valence-corrected chi connectivity index (χ3v) is 5.47. The summed E-state index contributed by atoms with van der Waals surface area (Å²) < 4.78 is 21.9. The molecule has 4 N–H and O–H groups in total. The summed E-state index contributed by atoms with van der Waals surface area (Å²) in [5.41, 5.74) is 0. The zero-order chi connectivity index (χ0) is 24.6. The molecule has 0 amide bonds. The van der Waals surface area contributed by atoms with Crippen LogP contribution in [0.4, 0.5) is 0 Å². The van der Waals surface area contributed by atoms with Gasteiger partial charge in [-0.2, -0.15) is 0 Å². The van der Waals surface area contributed by atoms with Crippen molar-refractivity contribution in [2.24, 2.45) is 0 Å². The van der Waals surface area contributed by atoms with Gasteiger partial charge in [-0.15, -0.1) is 0 Å². The highest BCUT2D eigenvalue weighted by molar-refractivity contribution is 6.14. The third kappa shape index (κ3) is 4.54. The quantitative estimate of drug-likeness (QED) is 0.241. The fraction of sp³-hybridized carbons (Fsp3) is 0.333. The molecular formula is C24H24O10. The number of hydrogen-bond donors (Lipinski definition) is 4. The Morgan fingerprint density at radius 1 is 0.853 bits per heavy atom. The molecule has 0 bridgehead atoms. The zero-order valence-electron chi connectivity index (χ0n) is 18.4. The highest BCUT2D eigenvalue weighted by atomic mass is 16.7. The van der Waals surface area contributed by atoms with E-state index in [9.17, 15) is 30.0 Å². The van der Waals surface area contributed by atoms with Crippen molar-refractivity contribution in [1.82, 2.24) is 0 Å². The number of rotatable bonds is 5. The summed E-state index contributed by atoms with van der Waals surface area (Å²) in [5.74, 6) is -0.604. The van der Waals surface area contributed by atoms with E-state index in [2.05, 4.69) is 0 Å². The Morgan fingerprint density at radius 3 is 2.18 bits per heavy atom. The molecule has 0 saturated carbocycles. The lowest BCUT2D eigenvalue weighted by atomic mass is 9.99. The second-order valence-corrected chi connectivity index (χ2v) is 7.94. The van der Waals surface area contributed by atoms with Gasteiger partial charge < -0.3 is 39.4 Å². The predicted octanol–water partition coefficient (Wildman–Crippen LogP) is 1.02. The number of esters is 2. The first-order valence-corrected chi connectivity index (χ1v) is 10.5. The van der Waals surface area contributed by atoms with Gasteiger partial charge >= 0.3 is 11.9 Å². The van der Waals surface area contributed by atoms with Crippen LogP contribution in [0.5, 0.6) is 17.2 Å². The summed E-state index contributed by atoms with van der Waals surface area (Å²) in [6.07, 6.45) is -7.32. The number of aliphatic hydroxyl groups excluding tert-OH is 4. The van der Waals surface area contributed by atoms with Crippen LogP contribution in [0.2, 0.25) is 0 Å². The number of ether oxygens (including phenoxy) is 4. The summed E-state index contributed by atoms with van der Waals surface area (Å²) in [5, 5.41) is 42.0. The van der Waals surface area contributed by atoms with Crippen LogP contribution in [-0.2, 0) is 14.3 Å². The fourth-order valence-electron chi connectivity index (χ4n) is 3.99. The summed E-state index contributed by atoms with van der Waals surface area (Å²) in [6, 6.07) is 11.7. The van der Waals surface area contributed by atoms with E-state index >= 15 is 0 Å². The van der Waals surface area contributed by atoms with Gasteiger partial charge in [-0.3, -0.25) is 9.59 Å². The first-order valence-electron chi connectivity index (χ1n) is 10.5. The van der Waals surface area contributed by atoms with Crippen LogP contribution in [0.1, 0.15) is 13.8 Å². The van der Waals surface area contributed by atoms with Crippen LogP contribution < -0.4 is 14.2 Å². The molecule has 10 heteroatoms. The molecule has 34 heavy (non-hydrogen) atoms. The highest BCUT2D eigenvalue weighted by Crippen LogP contribution is 2.41. The summed E-state index contributed by atoms with van der Waals surface area (Å²) in [4.78, 5) is 23.5. The lowest BCUT2D eigenvalue weighted by Crippen LogP contribution is -2.60. The fourth-order valence-corrected chi connectivity index (χ4v) is 3.99. The van der Waals surface area contributed by atoms with Crippen LogP contribution in [-0.4, -0.2) is 69.7 Å². The van der Waals surface area contributed by atoms with Crippen molar-refractivity contribution < 1.29 is 49.0 Å². The van der Waals surface area contributed by atoms with Gasteiger partial charge in [-0.25, -0.2) is 0 Å². The maximum absolute atomic E-state index is 11.9. The smallest absolute Gasteiger partial charge is 0.308 e. The Kier molecular flexibility index (Phi) is 6.69. The van der Waals surface area contributed by atoms with E-state index in [4.69, 9.17) is 18.9 Å². The Labute approximate surface area is 193 Å². The van der Waals surface area contributed by atoms with Gasteiger partial charge in [-0.1, -0.05) is 24.3 Å². The Hall–Kier alpha value is -3.28. The van der Waals surface area contributed by atoms with Crippen molar-refractivity contribution >= 4 is 33.5 Å². The van der Waals surface area contributed by atoms with E-state index in [0.29, 0.717) is 16.2 Å². The van der Waals surface area contributed by atoms with E-state index < -0.39 is 49.3 Å². The maximum Gasteiger partial charge on any atom is 0.308 e.